The van der Waals surface area contributed by atoms with Gasteiger partial charge in [0.15, 0.2) is 0 Å². The summed E-state index contributed by atoms with van der Waals surface area (Å²) in [5, 5.41) is 10.8. The van der Waals surface area contributed by atoms with Crippen molar-refractivity contribution in [1.29, 1.82) is 0 Å². The van der Waals surface area contributed by atoms with Gasteiger partial charge in [0.1, 0.15) is 11.9 Å². The summed E-state index contributed by atoms with van der Waals surface area (Å²) in [6, 6.07) is 8.34. The molecule has 1 aliphatic heterocycles. The Hall–Kier alpha value is -2.94. The van der Waals surface area contributed by atoms with E-state index in [1.54, 1.807) is 7.11 Å². The number of benzene rings is 1. The van der Waals surface area contributed by atoms with E-state index >= 15 is 0 Å². The summed E-state index contributed by atoms with van der Waals surface area (Å²) in [4.78, 5) is 22.8. The molecule has 2 aromatic rings. The van der Waals surface area contributed by atoms with Crippen LogP contribution in [0, 0.1) is 10.1 Å². The second-order valence-electron chi connectivity index (χ2n) is 6.17. The van der Waals surface area contributed by atoms with E-state index in [1.165, 1.54) is 11.8 Å². The van der Waals surface area contributed by atoms with Gasteiger partial charge in [-0.15, -0.1) is 0 Å². The van der Waals surface area contributed by atoms with Gasteiger partial charge in [0.05, 0.1) is 12.0 Å². The van der Waals surface area contributed by atoms with Crippen LogP contribution in [0.2, 0.25) is 0 Å². The molecule has 1 unspecified atom stereocenters. The van der Waals surface area contributed by atoms with Gasteiger partial charge in [-0.3, -0.25) is 15.0 Å². The lowest BCUT2D eigenvalue weighted by atomic mass is 10.1. The molecule has 0 spiro atoms. The van der Waals surface area contributed by atoms with E-state index in [0.717, 1.165) is 31.9 Å². The maximum Gasteiger partial charge on any atom is 0.329 e. The Morgan fingerprint density at radius 2 is 2.04 bits per heavy atom. The lowest BCUT2D eigenvalue weighted by Crippen LogP contribution is -2.47. The fraction of sp³-hybridized carbons (Fsp3) is 0.412. The van der Waals surface area contributed by atoms with Gasteiger partial charge in [-0.2, -0.15) is 4.98 Å². The normalized spacial score (nSPS) is 16.3. The number of nitrogens with zero attached hydrogens (tertiary/aromatic N) is 5. The molecule has 0 aliphatic carbocycles. The van der Waals surface area contributed by atoms with Gasteiger partial charge in [-0.1, -0.05) is 12.1 Å². The van der Waals surface area contributed by atoms with E-state index in [0.29, 0.717) is 5.95 Å². The van der Waals surface area contributed by atoms with E-state index in [1.807, 2.05) is 17.0 Å². The first kappa shape index (κ1) is 17.9. The van der Waals surface area contributed by atoms with Gasteiger partial charge in [-0.05, 0) is 24.6 Å². The van der Waals surface area contributed by atoms with Crippen molar-refractivity contribution in [3.8, 4) is 5.75 Å². The second kappa shape index (κ2) is 7.52. The summed E-state index contributed by atoms with van der Waals surface area (Å²) in [6.45, 7) is 5.29. The average molecular weight is 358 g/mol. The van der Waals surface area contributed by atoms with E-state index in [9.17, 15) is 10.1 Å². The van der Waals surface area contributed by atoms with Crippen molar-refractivity contribution in [1.82, 2.24) is 14.9 Å². The van der Waals surface area contributed by atoms with Crippen molar-refractivity contribution in [2.24, 2.45) is 0 Å². The Labute approximate surface area is 151 Å². The molecule has 26 heavy (non-hydrogen) atoms. The third kappa shape index (κ3) is 3.67. The molecule has 1 aliphatic rings. The molecule has 0 bridgehead atoms. The third-order valence-corrected chi connectivity index (χ3v) is 4.70. The molecule has 9 nitrogen and oxygen atoms in total. The number of nitro groups is 1. The second-order valence-corrected chi connectivity index (χ2v) is 6.17. The first-order valence-corrected chi connectivity index (χ1v) is 8.39. The van der Waals surface area contributed by atoms with Gasteiger partial charge in [0.25, 0.3) is 0 Å². The summed E-state index contributed by atoms with van der Waals surface area (Å²) in [5.41, 5.74) is 6.60. The molecule has 0 radical (unpaired) electrons. The maximum atomic E-state index is 10.8. The maximum absolute atomic E-state index is 10.8. The minimum absolute atomic E-state index is 0.104. The summed E-state index contributed by atoms with van der Waals surface area (Å²) in [6.07, 6.45) is 1.17. The molecule has 0 saturated carbocycles. The number of anilines is 2. The predicted octanol–water partition coefficient (Wildman–Crippen LogP) is 1.86. The fourth-order valence-corrected chi connectivity index (χ4v) is 3.09. The van der Waals surface area contributed by atoms with Crippen LogP contribution in [0.15, 0.2) is 30.5 Å². The van der Waals surface area contributed by atoms with Crippen molar-refractivity contribution in [2.75, 3.05) is 43.9 Å². The molecule has 3 rings (SSSR count). The molecule has 0 amide bonds. The van der Waals surface area contributed by atoms with Gasteiger partial charge in [0, 0.05) is 32.2 Å². The molecule has 1 atom stereocenters. The molecule has 1 aromatic heterocycles. The van der Waals surface area contributed by atoms with Crippen LogP contribution in [0.3, 0.4) is 0 Å². The average Bonchev–Trinajstić information content (AvgIpc) is 2.67. The molecular formula is C17H22N6O3. The fourth-order valence-electron chi connectivity index (χ4n) is 3.09. The largest absolute Gasteiger partial charge is 0.497 e. The molecule has 1 fully saturated rings. The zero-order valence-electron chi connectivity index (χ0n) is 14.8. The molecule has 1 saturated heterocycles. The van der Waals surface area contributed by atoms with Gasteiger partial charge >= 0.3 is 5.69 Å². The Kier molecular flexibility index (Phi) is 5.17. The Morgan fingerprint density at radius 3 is 2.65 bits per heavy atom. The first-order valence-electron chi connectivity index (χ1n) is 8.39. The van der Waals surface area contributed by atoms with Gasteiger partial charge < -0.3 is 15.4 Å². The number of piperazine rings is 1. The SMILES string of the molecule is COc1cccc(C(C)N2CCN(c3ncc([N+](=O)[O-])c(N)n3)CC2)c1. The van der Waals surface area contributed by atoms with Gasteiger partial charge in [0.2, 0.25) is 11.8 Å². The van der Waals surface area contributed by atoms with Crippen LogP contribution in [0.1, 0.15) is 18.5 Å². The standard InChI is InChI=1S/C17H22N6O3/c1-12(13-4-3-5-14(10-13)26-2)21-6-8-22(9-7-21)17-19-11-15(23(24)25)16(18)20-17/h3-5,10-12H,6-9H2,1-2H3,(H2,18,19,20). The number of nitrogens with two attached hydrogens (primary N) is 1. The highest BCUT2D eigenvalue weighted by atomic mass is 16.6. The molecular weight excluding hydrogens is 336 g/mol. The molecule has 1 aromatic carbocycles. The minimum Gasteiger partial charge on any atom is -0.497 e. The smallest absolute Gasteiger partial charge is 0.329 e. The third-order valence-electron chi connectivity index (χ3n) is 4.70. The van der Waals surface area contributed by atoms with E-state index in [-0.39, 0.29) is 17.5 Å². The highest BCUT2D eigenvalue weighted by Crippen LogP contribution is 2.26. The topological polar surface area (TPSA) is 111 Å². The number of nitrogen functional groups attached to an aromatic ring is 1. The van der Waals surface area contributed by atoms with Crippen LogP contribution >= 0.6 is 0 Å². The molecule has 138 valence electrons. The van der Waals surface area contributed by atoms with Crippen LogP contribution in [-0.2, 0) is 0 Å². The lowest BCUT2D eigenvalue weighted by molar-refractivity contribution is -0.384. The van der Waals surface area contributed by atoms with Crippen molar-refractivity contribution < 1.29 is 9.66 Å². The number of aromatic nitrogens is 2. The molecule has 2 N–H and O–H groups in total. The lowest BCUT2D eigenvalue weighted by Gasteiger charge is -2.38. The van der Waals surface area contributed by atoms with E-state index < -0.39 is 4.92 Å². The first-order chi connectivity index (χ1) is 12.5. The van der Waals surface area contributed by atoms with Crippen molar-refractivity contribution >= 4 is 17.5 Å². The summed E-state index contributed by atoms with van der Waals surface area (Å²) in [7, 11) is 1.67. The van der Waals surface area contributed by atoms with Crippen LogP contribution in [-0.4, -0.2) is 53.1 Å². The summed E-state index contributed by atoms with van der Waals surface area (Å²) >= 11 is 0. The molecule has 9 heteroatoms. The monoisotopic (exact) mass is 358 g/mol. The number of methoxy groups -OCH3 is 1. The minimum atomic E-state index is -0.577. The Bertz CT molecular complexity index is 792. The van der Waals surface area contributed by atoms with Crippen LogP contribution < -0.4 is 15.4 Å². The zero-order valence-corrected chi connectivity index (χ0v) is 14.8. The van der Waals surface area contributed by atoms with Crippen molar-refractivity contribution in [3.05, 3.63) is 46.1 Å². The predicted molar refractivity (Wildman–Crippen MR) is 98.3 cm³/mol. The summed E-state index contributed by atoms with van der Waals surface area (Å²) < 4.78 is 5.30. The number of hydrogen-bond donors (Lipinski definition) is 1. The highest BCUT2D eigenvalue weighted by Gasteiger charge is 2.25. The van der Waals surface area contributed by atoms with Gasteiger partial charge in [-0.25, -0.2) is 4.98 Å². The van der Waals surface area contributed by atoms with E-state index in [4.69, 9.17) is 10.5 Å². The van der Waals surface area contributed by atoms with Crippen molar-refractivity contribution in [2.45, 2.75) is 13.0 Å². The molecule has 2 heterocycles. The van der Waals surface area contributed by atoms with Crippen molar-refractivity contribution in [3.63, 3.8) is 0 Å². The van der Waals surface area contributed by atoms with Crippen LogP contribution in [0.4, 0.5) is 17.5 Å². The Balaban J connectivity index is 1.65. The van der Waals surface area contributed by atoms with Crippen LogP contribution in [0.25, 0.3) is 0 Å². The number of ether oxygens (including phenoxy) is 1. The highest BCUT2D eigenvalue weighted by molar-refractivity contribution is 5.53. The Morgan fingerprint density at radius 1 is 1.31 bits per heavy atom. The quantitative estimate of drug-likeness (QED) is 0.637. The number of rotatable bonds is 5. The van der Waals surface area contributed by atoms with Crippen LogP contribution in [0.5, 0.6) is 5.75 Å². The zero-order chi connectivity index (χ0) is 18.7. The van der Waals surface area contributed by atoms with E-state index in [2.05, 4.69) is 33.9 Å². The summed E-state index contributed by atoms with van der Waals surface area (Å²) in [5.74, 6) is 1.18. The number of hydrogen-bond acceptors (Lipinski definition) is 8.